The molecule has 2 aliphatic rings. The number of aliphatic hydroxyl groups excluding tert-OH is 1. The number of aliphatic hydroxyl groups is 1. The van der Waals surface area contributed by atoms with Gasteiger partial charge in [-0.05, 0) is 69.2 Å². The van der Waals surface area contributed by atoms with Crippen molar-refractivity contribution in [1.82, 2.24) is 9.62 Å². The van der Waals surface area contributed by atoms with E-state index in [0.717, 1.165) is 12.8 Å². The summed E-state index contributed by atoms with van der Waals surface area (Å²) in [4.78, 5) is 4.70. The summed E-state index contributed by atoms with van der Waals surface area (Å²) in [6.45, 7) is 4.41. The number of fused-ring (bicyclic) bond motifs is 1. The molecule has 4 rings (SSSR count). The topological polar surface area (TPSA) is 127 Å². The largest absolute Gasteiger partial charge is 0.485 e. The van der Waals surface area contributed by atoms with Crippen molar-refractivity contribution in [2.24, 2.45) is 4.99 Å². The number of nitriles is 1. The maximum atomic E-state index is 13.1. The fraction of sp³-hybridized carbons (Fsp3) is 0.391. The molecule has 1 saturated heterocycles. The summed E-state index contributed by atoms with van der Waals surface area (Å²) in [7, 11) is -3.68. The fourth-order valence-corrected chi connectivity index (χ4v) is 5.76. The summed E-state index contributed by atoms with van der Waals surface area (Å²) in [5, 5.41) is 26.4. The zero-order valence-corrected chi connectivity index (χ0v) is 20.4. The number of hydrogen-bond acceptors (Lipinski definition) is 6. The maximum absolute atomic E-state index is 13.1. The zero-order chi connectivity index (χ0) is 24.5. The number of ether oxygens (including phenoxy) is 1. The van der Waals surface area contributed by atoms with Gasteiger partial charge in [0.1, 0.15) is 23.5 Å². The highest BCUT2D eigenvalue weighted by Gasteiger charge is 2.44. The van der Waals surface area contributed by atoms with E-state index < -0.39 is 27.8 Å². The van der Waals surface area contributed by atoms with Gasteiger partial charge in [0.15, 0.2) is 6.19 Å². The summed E-state index contributed by atoms with van der Waals surface area (Å²) < 4.78 is 33.7. The van der Waals surface area contributed by atoms with Crippen molar-refractivity contribution in [1.29, 1.82) is 5.26 Å². The van der Waals surface area contributed by atoms with Gasteiger partial charge < -0.3 is 15.2 Å². The number of halogens is 1. The fourth-order valence-electron chi connectivity index (χ4n) is 4.08. The third-order valence-electron chi connectivity index (χ3n) is 5.94. The van der Waals surface area contributed by atoms with Crippen molar-refractivity contribution in [3.05, 3.63) is 53.1 Å². The first-order valence-electron chi connectivity index (χ1n) is 10.9. The van der Waals surface area contributed by atoms with E-state index in [2.05, 4.69) is 15.6 Å². The highest BCUT2D eigenvalue weighted by molar-refractivity contribution is 7.89. The Morgan fingerprint density at radius 2 is 1.91 bits per heavy atom. The van der Waals surface area contributed by atoms with Gasteiger partial charge in [0, 0.05) is 29.4 Å². The van der Waals surface area contributed by atoms with Crippen LogP contribution in [0.15, 0.2) is 52.4 Å². The summed E-state index contributed by atoms with van der Waals surface area (Å²) >= 11 is 5.94. The Hall–Kier alpha value is -2.84. The van der Waals surface area contributed by atoms with Gasteiger partial charge in [-0.25, -0.2) is 13.4 Å². The molecular formula is C23H26ClN5O4S. The van der Waals surface area contributed by atoms with Crippen LogP contribution in [0.2, 0.25) is 5.02 Å². The molecule has 2 aliphatic heterocycles. The van der Waals surface area contributed by atoms with E-state index in [9.17, 15) is 18.8 Å². The molecule has 9 nitrogen and oxygen atoms in total. The Morgan fingerprint density at radius 1 is 1.24 bits per heavy atom. The van der Waals surface area contributed by atoms with E-state index in [4.69, 9.17) is 16.3 Å². The standard InChI is InChI=1S/C23H26ClN5O4S/c1-23(2)21(30)20(28-22(26-14-25)27-16-7-5-15(24)6-8-16)18-13-17(9-10-19(18)33-23)34(31,32)29-11-3-4-12-29/h5-10,13,20-21,30H,3-4,11-12H2,1-2H3,(H2,26,27,28). The quantitative estimate of drug-likeness (QED) is 0.253. The van der Waals surface area contributed by atoms with Crippen LogP contribution in [-0.2, 0) is 10.0 Å². The average molecular weight is 504 g/mol. The maximum Gasteiger partial charge on any atom is 0.243 e. The van der Waals surface area contributed by atoms with Gasteiger partial charge in [-0.1, -0.05) is 11.6 Å². The van der Waals surface area contributed by atoms with Crippen LogP contribution in [0.25, 0.3) is 0 Å². The SMILES string of the molecule is CC1(C)Oc2ccc(S(=O)(=O)N3CCCC3)cc2C(/N=C(/NC#N)Nc2ccc(Cl)cc2)C1O. The molecule has 0 aromatic heterocycles. The number of nitrogens with one attached hydrogen (secondary N) is 2. The van der Waals surface area contributed by atoms with Crippen molar-refractivity contribution in [3.8, 4) is 11.9 Å². The Morgan fingerprint density at radius 3 is 2.56 bits per heavy atom. The van der Waals surface area contributed by atoms with Gasteiger partial charge in [0.05, 0.1) is 4.90 Å². The lowest BCUT2D eigenvalue weighted by molar-refractivity contribution is -0.0568. The Balaban J connectivity index is 1.76. The molecule has 0 aliphatic carbocycles. The number of sulfonamides is 1. The van der Waals surface area contributed by atoms with Crippen LogP contribution < -0.4 is 15.4 Å². The van der Waals surface area contributed by atoms with E-state index >= 15 is 0 Å². The molecule has 2 heterocycles. The molecule has 0 radical (unpaired) electrons. The van der Waals surface area contributed by atoms with Gasteiger partial charge in [0.2, 0.25) is 16.0 Å². The normalized spacial score (nSPS) is 22.4. The van der Waals surface area contributed by atoms with E-state index in [0.29, 0.717) is 35.1 Å². The number of aliphatic imine (C=N–C) groups is 1. The summed E-state index contributed by atoms with van der Waals surface area (Å²) in [5.41, 5.74) is 0.0358. The van der Waals surface area contributed by atoms with Crippen LogP contribution in [0, 0.1) is 11.5 Å². The monoisotopic (exact) mass is 503 g/mol. The van der Waals surface area contributed by atoms with Crippen LogP contribution in [0.1, 0.15) is 38.3 Å². The van der Waals surface area contributed by atoms with Crippen molar-refractivity contribution >= 4 is 33.3 Å². The molecule has 11 heteroatoms. The molecule has 0 spiro atoms. The van der Waals surface area contributed by atoms with Crippen LogP contribution in [0.3, 0.4) is 0 Å². The number of guanidine groups is 1. The second kappa shape index (κ2) is 9.43. The van der Waals surface area contributed by atoms with E-state index in [1.807, 2.05) is 6.19 Å². The lowest BCUT2D eigenvalue weighted by Gasteiger charge is -2.40. The number of rotatable bonds is 4. The van der Waals surface area contributed by atoms with Crippen LogP contribution in [0.5, 0.6) is 5.75 Å². The first-order chi connectivity index (χ1) is 16.1. The minimum absolute atomic E-state index is 0.0883. The molecular weight excluding hydrogens is 478 g/mol. The summed E-state index contributed by atoms with van der Waals surface area (Å²) in [5.74, 6) is 0.512. The second-order valence-electron chi connectivity index (χ2n) is 8.75. The molecule has 0 bridgehead atoms. The van der Waals surface area contributed by atoms with Gasteiger partial charge in [-0.2, -0.15) is 9.57 Å². The van der Waals surface area contributed by atoms with E-state index in [-0.39, 0.29) is 10.9 Å². The molecule has 0 saturated carbocycles. The van der Waals surface area contributed by atoms with Crippen molar-refractivity contribution < 1.29 is 18.3 Å². The first-order valence-corrected chi connectivity index (χ1v) is 12.7. The molecule has 1 fully saturated rings. The predicted molar refractivity (Wildman–Crippen MR) is 129 cm³/mol. The third kappa shape index (κ3) is 4.83. The number of nitrogens with zero attached hydrogens (tertiary/aromatic N) is 3. The molecule has 3 N–H and O–H groups in total. The zero-order valence-electron chi connectivity index (χ0n) is 18.8. The van der Waals surface area contributed by atoms with Gasteiger partial charge in [-0.15, -0.1) is 0 Å². The highest BCUT2D eigenvalue weighted by Crippen LogP contribution is 2.43. The number of benzene rings is 2. The van der Waals surface area contributed by atoms with E-state index in [1.54, 1.807) is 44.2 Å². The molecule has 180 valence electrons. The van der Waals surface area contributed by atoms with Crippen molar-refractivity contribution in [2.75, 3.05) is 18.4 Å². The van der Waals surface area contributed by atoms with Crippen molar-refractivity contribution in [3.63, 3.8) is 0 Å². The molecule has 0 amide bonds. The third-order valence-corrected chi connectivity index (χ3v) is 8.08. The molecule has 2 unspecified atom stereocenters. The smallest absolute Gasteiger partial charge is 0.243 e. The molecule has 2 aromatic carbocycles. The van der Waals surface area contributed by atoms with Crippen LogP contribution in [0.4, 0.5) is 5.69 Å². The Labute approximate surface area is 204 Å². The minimum atomic E-state index is -3.68. The van der Waals surface area contributed by atoms with Crippen LogP contribution >= 0.6 is 11.6 Å². The lowest BCUT2D eigenvalue weighted by Crippen LogP contribution is -2.49. The Bertz CT molecular complexity index is 1230. The van der Waals surface area contributed by atoms with Gasteiger partial charge in [0.25, 0.3) is 0 Å². The van der Waals surface area contributed by atoms with Gasteiger partial charge >= 0.3 is 0 Å². The summed E-state index contributed by atoms with van der Waals surface area (Å²) in [6.07, 6.45) is 2.37. The minimum Gasteiger partial charge on any atom is -0.485 e. The average Bonchev–Trinajstić information content (AvgIpc) is 3.34. The van der Waals surface area contributed by atoms with Crippen molar-refractivity contribution in [2.45, 2.75) is 49.3 Å². The molecule has 2 aromatic rings. The predicted octanol–water partition coefficient (Wildman–Crippen LogP) is 3.24. The number of anilines is 1. The summed E-state index contributed by atoms with van der Waals surface area (Å²) in [6, 6.07) is 10.5. The van der Waals surface area contributed by atoms with Gasteiger partial charge in [-0.3, -0.25) is 5.32 Å². The highest BCUT2D eigenvalue weighted by atomic mass is 35.5. The first kappa shape index (κ1) is 24.3. The van der Waals surface area contributed by atoms with E-state index in [1.165, 1.54) is 16.4 Å². The lowest BCUT2D eigenvalue weighted by atomic mass is 9.87. The Kier molecular flexibility index (Phi) is 6.73. The molecule has 2 atom stereocenters. The number of hydrogen-bond donors (Lipinski definition) is 3. The van der Waals surface area contributed by atoms with Crippen LogP contribution in [-0.4, -0.2) is 48.6 Å². The molecule has 34 heavy (non-hydrogen) atoms. The second-order valence-corrected chi connectivity index (χ2v) is 11.1.